The number of hydrogen-bond acceptors (Lipinski definition) is 4. The summed E-state index contributed by atoms with van der Waals surface area (Å²) in [7, 11) is 1.51. The third-order valence-electron chi connectivity index (χ3n) is 5.38. The van der Waals surface area contributed by atoms with Gasteiger partial charge >= 0.3 is 6.09 Å². The van der Waals surface area contributed by atoms with Gasteiger partial charge in [-0.15, -0.1) is 0 Å². The molecule has 0 spiro atoms. The van der Waals surface area contributed by atoms with Crippen molar-refractivity contribution in [2.24, 2.45) is 0 Å². The van der Waals surface area contributed by atoms with Crippen molar-refractivity contribution in [3.8, 4) is 0 Å². The molecule has 3 rings (SSSR count). The van der Waals surface area contributed by atoms with Crippen LogP contribution in [-0.2, 0) is 16.0 Å². The highest BCUT2D eigenvalue weighted by molar-refractivity contribution is 6.02. The number of piperidine rings is 1. The maximum Gasteiger partial charge on any atom is 0.406 e. The van der Waals surface area contributed by atoms with Gasteiger partial charge < -0.3 is 19.9 Å². The second-order valence-corrected chi connectivity index (χ2v) is 7.14. The molecule has 1 unspecified atom stereocenters. The molecule has 7 nitrogen and oxygen atoms in total. The Bertz CT molecular complexity index is 777. The molecule has 28 heavy (non-hydrogen) atoms. The molecule has 2 aliphatic rings. The topological polar surface area (TPSA) is 79.0 Å². The highest BCUT2D eigenvalue weighted by Gasteiger charge is 2.29. The van der Waals surface area contributed by atoms with Crippen molar-refractivity contribution >= 4 is 23.6 Å². The molecule has 0 bridgehead atoms. The Labute approximate surface area is 165 Å². The van der Waals surface area contributed by atoms with E-state index in [0.717, 1.165) is 43.4 Å². The summed E-state index contributed by atoms with van der Waals surface area (Å²) in [5.41, 5.74) is 2.46. The number of carbonyl (C=O) groups is 3. The molecular weight excluding hydrogens is 358 g/mol. The van der Waals surface area contributed by atoms with E-state index in [1.54, 1.807) is 11.0 Å². The Morgan fingerprint density at radius 1 is 1.25 bits per heavy atom. The van der Waals surface area contributed by atoms with Crippen molar-refractivity contribution < 1.29 is 19.1 Å². The molecular formula is C21H27N3O4. The van der Waals surface area contributed by atoms with E-state index in [-0.39, 0.29) is 24.5 Å². The van der Waals surface area contributed by atoms with Gasteiger partial charge in [0.05, 0.1) is 6.04 Å². The number of nitrogens with one attached hydrogen (secondary N) is 1. The van der Waals surface area contributed by atoms with Crippen LogP contribution >= 0.6 is 0 Å². The number of likely N-dealkylation sites (tertiary alicyclic amines) is 1. The number of anilines is 1. The summed E-state index contributed by atoms with van der Waals surface area (Å²) in [6.07, 6.45) is 5.29. The molecule has 0 radical (unpaired) electrons. The molecule has 150 valence electrons. The Hall–Kier alpha value is -2.83. The van der Waals surface area contributed by atoms with Gasteiger partial charge in [0.15, 0.2) is 0 Å². The molecule has 3 amide bonds. The van der Waals surface area contributed by atoms with Crippen molar-refractivity contribution in [2.45, 2.75) is 38.1 Å². The van der Waals surface area contributed by atoms with Crippen molar-refractivity contribution in [3.63, 3.8) is 0 Å². The van der Waals surface area contributed by atoms with E-state index in [9.17, 15) is 14.4 Å². The molecule has 1 aromatic rings. The number of benzene rings is 1. The molecule has 0 saturated carbocycles. The van der Waals surface area contributed by atoms with E-state index >= 15 is 0 Å². The van der Waals surface area contributed by atoms with Crippen LogP contribution < -0.4 is 10.2 Å². The van der Waals surface area contributed by atoms with Gasteiger partial charge in [-0.05, 0) is 61.9 Å². The van der Waals surface area contributed by atoms with Gasteiger partial charge in [-0.25, -0.2) is 4.79 Å². The van der Waals surface area contributed by atoms with Crippen LogP contribution in [0.1, 0.15) is 41.6 Å². The van der Waals surface area contributed by atoms with Crippen LogP contribution in [0.15, 0.2) is 30.9 Å². The van der Waals surface area contributed by atoms with Gasteiger partial charge in [0.1, 0.15) is 6.61 Å². The van der Waals surface area contributed by atoms with E-state index in [1.807, 2.05) is 17.0 Å². The molecule has 1 atom stereocenters. The maximum atomic E-state index is 13.2. The smallest absolute Gasteiger partial charge is 0.406 e. The monoisotopic (exact) mass is 385 g/mol. The first-order valence-electron chi connectivity index (χ1n) is 9.77. The maximum absolute atomic E-state index is 13.2. The lowest BCUT2D eigenvalue weighted by Crippen LogP contribution is -2.46. The highest BCUT2D eigenvalue weighted by atomic mass is 16.5. The fraction of sp³-hybridized carbons (Fsp3) is 0.476. The van der Waals surface area contributed by atoms with Crippen LogP contribution in [0.2, 0.25) is 0 Å². The first-order valence-corrected chi connectivity index (χ1v) is 9.77. The number of carbonyl (C=O) groups excluding carboxylic acids is 3. The van der Waals surface area contributed by atoms with E-state index in [4.69, 9.17) is 4.74 Å². The van der Waals surface area contributed by atoms with Gasteiger partial charge in [-0.3, -0.25) is 9.59 Å². The molecule has 7 heteroatoms. The van der Waals surface area contributed by atoms with Crippen molar-refractivity contribution in [1.82, 2.24) is 10.2 Å². The van der Waals surface area contributed by atoms with Crippen molar-refractivity contribution in [2.75, 3.05) is 31.6 Å². The summed E-state index contributed by atoms with van der Waals surface area (Å²) in [5, 5.41) is 2.43. The summed E-state index contributed by atoms with van der Waals surface area (Å²) >= 11 is 0. The molecule has 2 aliphatic heterocycles. The number of hydrogen-bond donors (Lipinski definition) is 1. The van der Waals surface area contributed by atoms with Gasteiger partial charge in [-0.1, -0.05) is 6.58 Å². The third kappa shape index (κ3) is 4.18. The first kappa shape index (κ1) is 19.9. The average molecular weight is 385 g/mol. The Morgan fingerprint density at radius 3 is 2.82 bits per heavy atom. The van der Waals surface area contributed by atoms with Crippen molar-refractivity contribution in [1.29, 1.82) is 0 Å². The minimum absolute atomic E-state index is 0.0554. The number of alkyl carbamates (subject to hydrolysis) is 1. The van der Waals surface area contributed by atoms with Crippen LogP contribution in [0.5, 0.6) is 0 Å². The fourth-order valence-corrected chi connectivity index (χ4v) is 3.92. The number of ether oxygens (including phenoxy) is 1. The van der Waals surface area contributed by atoms with Crippen LogP contribution in [0.3, 0.4) is 0 Å². The van der Waals surface area contributed by atoms with E-state index in [1.165, 1.54) is 13.1 Å². The SMILES string of the molecule is C=CC(=O)N1CCCc2cc(C(=O)N3CCCCC3COC(=O)NC)ccc21. The summed E-state index contributed by atoms with van der Waals surface area (Å²) in [4.78, 5) is 40.1. The predicted molar refractivity (Wildman–Crippen MR) is 106 cm³/mol. The Balaban J connectivity index is 1.78. The van der Waals surface area contributed by atoms with Crippen LogP contribution in [0, 0.1) is 0 Å². The predicted octanol–water partition coefficient (Wildman–Crippen LogP) is 2.50. The molecule has 0 aliphatic carbocycles. The minimum atomic E-state index is -0.487. The average Bonchev–Trinajstić information content (AvgIpc) is 2.75. The lowest BCUT2D eigenvalue weighted by Gasteiger charge is -2.36. The van der Waals surface area contributed by atoms with E-state index in [0.29, 0.717) is 18.7 Å². The van der Waals surface area contributed by atoms with Gasteiger partial charge in [0.2, 0.25) is 5.91 Å². The lowest BCUT2D eigenvalue weighted by molar-refractivity contribution is -0.114. The minimum Gasteiger partial charge on any atom is -0.447 e. The summed E-state index contributed by atoms with van der Waals surface area (Å²) in [6, 6.07) is 5.41. The summed E-state index contributed by atoms with van der Waals surface area (Å²) in [5.74, 6) is -0.178. The summed E-state index contributed by atoms with van der Waals surface area (Å²) in [6.45, 7) is 5.07. The molecule has 1 fully saturated rings. The summed E-state index contributed by atoms with van der Waals surface area (Å²) < 4.78 is 5.19. The van der Waals surface area contributed by atoms with Gasteiger partial charge in [-0.2, -0.15) is 0 Å². The molecule has 1 saturated heterocycles. The molecule has 0 aromatic heterocycles. The Kier molecular flexibility index (Phi) is 6.34. The van der Waals surface area contributed by atoms with Gasteiger partial charge in [0.25, 0.3) is 5.91 Å². The van der Waals surface area contributed by atoms with Crippen LogP contribution in [0.25, 0.3) is 0 Å². The number of fused-ring (bicyclic) bond motifs is 1. The number of rotatable bonds is 4. The standard InChI is InChI=1S/C21H27N3O4/c1-3-19(25)24-12-6-7-15-13-16(9-10-18(15)24)20(26)23-11-5-4-8-17(23)14-28-21(27)22-2/h3,9-10,13,17H,1,4-8,11-12,14H2,2H3,(H,22,27). The van der Waals surface area contributed by atoms with E-state index in [2.05, 4.69) is 11.9 Å². The second kappa shape index (κ2) is 8.91. The molecule has 2 heterocycles. The van der Waals surface area contributed by atoms with E-state index < -0.39 is 6.09 Å². The zero-order chi connectivity index (χ0) is 20.1. The van der Waals surface area contributed by atoms with Crippen molar-refractivity contribution in [3.05, 3.63) is 42.0 Å². The Morgan fingerprint density at radius 2 is 2.07 bits per heavy atom. The van der Waals surface area contributed by atoms with Crippen LogP contribution in [0.4, 0.5) is 10.5 Å². The molecule has 1 aromatic carbocycles. The highest BCUT2D eigenvalue weighted by Crippen LogP contribution is 2.29. The van der Waals surface area contributed by atoms with Crippen LogP contribution in [-0.4, -0.2) is 55.6 Å². The number of nitrogens with zero attached hydrogens (tertiary/aromatic N) is 2. The quantitative estimate of drug-likeness (QED) is 0.808. The normalized spacial score (nSPS) is 18.8. The zero-order valence-electron chi connectivity index (χ0n) is 16.3. The number of aryl methyl sites for hydroxylation is 1. The third-order valence-corrected chi connectivity index (χ3v) is 5.38. The fourth-order valence-electron chi connectivity index (χ4n) is 3.92. The van der Waals surface area contributed by atoms with Gasteiger partial charge in [0, 0.05) is 31.4 Å². The lowest BCUT2D eigenvalue weighted by atomic mass is 9.97. The first-order chi connectivity index (χ1) is 13.5. The second-order valence-electron chi connectivity index (χ2n) is 7.14. The largest absolute Gasteiger partial charge is 0.447 e. The zero-order valence-corrected chi connectivity index (χ0v) is 16.3. The molecule has 1 N–H and O–H groups in total. The number of amides is 3.